The quantitative estimate of drug-likeness (QED) is 0.382. The van der Waals surface area contributed by atoms with Gasteiger partial charge in [0.1, 0.15) is 5.75 Å². The Morgan fingerprint density at radius 3 is 2.54 bits per heavy atom. The van der Waals surface area contributed by atoms with Crippen LogP contribution in [-0.2, 0) is 4.79 Å². The molecule has 0 spiro atoms. The van der Waals surface area contributed by atoms with Gasteiger partial charge in [0.15, 0.2) is 18.1 Å². The number of hydrogen-bond acceptors (Lipinski definition) is 5. The van der Waals surface area contributed by atoms with Crippen molar-refractivity contribution in [3.05, 3.63) is 53.1 Å². The van der Waals surface area contributed by atoms with Gasteiger partial charge in [0.05, 0.1) is 19.9 Å². The lowest BCUT2D eigenvalue weighted by atomic mass is 10.1. The van der Waals surface area contributed by atoms with Crippen LogP contribution in [0.5, 0.6) is 17.2 Å². The van der Waals surface area contributed by atoms with Crippen molar-refractivity contribution in [3.8, 4) is 17.2 Å². The Balaban J connectivity index is 1.88. The normalized spacial score (nSPS) is 10.7. The Hall–Kier alpha value is -3.02. The highest BCUT2D eigenvalue weighted by molar-refractivity contribution is 5.83. The second-order valence-corrected chi connectivity index (χ2v) is 6.42. The second kappa shape index (κ2) is 11.0. The highest BCUT2D eigenvalue weighted by Gasteiger charge is 2.07. The summed E-state index contributed by atoms with van der Waals surface area (Å²) in [7, 11) is 1.59. The summed E-state index contributed by atoms with van der Waals surface area (Å²) in [5.41, 5.74) is 5.24. The SMILES string of the molecule is CCCCOc1ccc(C=NNC(=O)COc2c(C)cccc2C)cc1OC. The number of rotatable bonds is 10. The lowest BCUT2D eigenvalue weighted by Gasteiger charge is -2.11. The minimum Gasteiger partial charge on any atom is -0.493 e. The van der Waals surface area contributed by atoms with Gasteiger partial charge in [0.2, 0.25) is 0 Å². The lowest BCUT2D eigenvalue weighted by molar-refractivity contribution is -0.123. The van der Waals surface area contributed by atoms with Crippen LogP contribution in [0.15, 0.2) is 41.5 Å². The zero-order chi connectivity index (χ0) is 20.4. The Morgan fingerprint density at radius 2 is 1.86 bits per heavy atom. The Labute approximate surface area is 166 Å². The average molecular weight is 384 g/mol. The summed E-state index contributed by atoms with van der Waals surface area (Å²) in [6.45, 7) is 6.55. The number of unbranched alkanes of at least 4 members (excludes halogenated alkanes) is 1. The van der Waals surface area contributed by atoms with Crippen LogP contribution in [0.25, 0.3) is 0 Å². The molecule has 0 fully saturated rings. The molecule has 2 aromatic carbocycles. The Bertz CT molecular complexity index is 798. The van der Waals surface area contributed by atoms with Crippen molar-refractivity contribution in [2.24, 2.45) is 5.10 Å². The molecule has 28 heavy (non-hydrogen) atoms. The number of amides is 1. The standard InChI is InChI=1S/C22H28N2O4/c1-5-6-12-27-19-11-10-18(13-20(19)26-4)14-23-24-21(25)15-28-22-16(2)8-7-9-17(22)3/h7-11,13-14H,5-6,12,15H2,1-4H3,(H,24,25). The molecule has 0 aliphatic rings. The average Bonchev–Trinajstić information content (AvgIpc) is 2.68. The van der Waals surface area contributed by atoms with Gasteiger partial charge in [0.25, 0.3) is 5.91 Å². The smallest absolute Gasteiger partial charge is 0.277 e. The lowest BCUT2D eigenvalue weighted by Crippen LogP contribution is -2.25. The van der Waals surface area contributed by atoms with E-state index in [2.05, 4.69) is 17.5 Å². The first-order valence-corrected chi connectivity index (χ1v) is 9.37. The molecule has 1 N–H and O–H groups in total. The van der Waals surface area contributed by atoms with Crippen LogP contribution in [0.2, 0.25) is 0 Å². The molecule has 0 aromatic heterocycles. The molecule has 0 heterocycles. The molecule has 0 atom stereocenters. The zero-order valence-corrected chi connectivity index (χ0v) is 17.0. The van der Waals surface area contributed by atoms with Gasteiger partial charge in [-0.05, 0) is 55.2 Å². The number of nitrogens with zero attached hydrogens (tertiary/aromatic N) is 1. The molecular formula is C22H28N2O4. The van der Waals surface area contributed by atoms with E-state index < -0.39 is 0 Å². The fourth-order valence-corrected chi connectivity index (χ4v) is 2.59. The number of hydrazone groups is 1. The maximum atomic E-state index is 12.0. The monoisotopic (exact) mass is 384 g/mol. The van der Waals surface area contributed by atoms with Crippen LogP contribution in [0.1, 0.15) is 36.5 Å². The molecule has 150 valence electrons. The summed E-state index contributed by atoms with van der Waals surface area (Å²) in [5, 5.41) is 3.98. The van der Waals surface area contributed by atoms with Crippen LogP contribution in [0.4, 0.5) is 0 Å². The fourth-order valence-electron chi connectivity index (χ4n) is 2.59. The summed E-state index contributed by atoms with van der Waals surface area (Å²) in [6.07, 6.45) is 3.61. The van der Waals surface area contributed by atoms with Gasteiger partial charge >= 0.3 is 0 Å². The van der Waals surface area contributed by atoms with E-state index in [1.807, 2.05) is 50.2 Å². The van der Waals surface area contributed by atoms with Crippen molar-refractivity contribution < 1.29 is 19.0 Å². The van der Waals surface area contributed by atoms with Crippen LogP contribution in [0.3, 0.4) is 0 Å². The van der Waals surface area contributed by atoms with E-state index in [1.54, 1.807) is 13.3 Å². The number of carbonyl (C=O) groups excluding carboxylic acids is 1. The predicted molar refractivity (Wildman–Crippen MR) is 111 cm³/mol. The molecule has 0 saturated carbocycles. The number of hydrogen-bond donors (Lipinski definition) is 1. The number of aryl methyl sites for hydroxylation is 2. The van der Waals surface area contributed by atoms with E-state index >= 15 is 0 Å². The molecule has 0 bridgehead atoms. The maximum absolute atomic E-state index is 12.0. The van der Waals surface area contributed by atoms with Gasteiger partial charge < -0.3 is 14.2 Å². The number of methoxy groups -OCH3 is 1. The first-order chi connectivity index (χ1) is 13.5. The van der Waals surface area contributed by atoms with Crippen molar-refractivity contribution in [1.29, 1.82) is 0 Å². The molecule has 2 rings (SSSR count). The third-order valence-corrected chi connectivity index (χ3v) is 4.10. The van der Waals surface area contributed by atoms with Gasteiger partial charge in [-0.1, -0.05) is 31.5 Å². The molecule has 0 aliphatic carbocycles. The zero-order valence-electron chi connectivity index (χ0n) is 17.0. The second-order valence-electron chi connectivity index (χ2n) is 6.42. The van der Waals surface area contributed by atoms with Crippen molar-refractivity contribution in [1.82, 2.24) is 5.43 Å². The molecule has 6 nitrogen and oxygen atoms in total. The molecule has 2 aromatic rings. The Kier molecular flexibility index (Phi) is 8.34. The van der Waals surface area contributed by atoms with Crippen molar-refractivity contribution >= 4 is 12.1 Å². The van der Waals surface area contributed by atoms with Crippen molar-refractivity contribution in [2.45, 2.75) is 33.6 Å². The van der Waals surface area contributed by atoms with Crippen LogP contribution in [0, 0.1) is 13.8 Å². The van der Waals surface area contributed by atoms with E-state index in [-0.39, 0.29) is 12.5 Å². The fraction of sp³-hybridized carbons (Fsp3) is 0.364. The Morgan fingerprint density at radius 1 is 1.11 bits per heavy atom. The summed E-state index contributed by atoms with van der Waals surface area (Å²) in [6, 6.07) is 11.3. The van der Waals surface area contributed by atoms with E-state index in [0.29, 0.717) is 18.1 Å². The van der Waals surface area contributed by atoms with Crippen LogP contribution in [-0.4, -0.2) is 32.4 Å². The maximum Gasteiger partial charge on any atom is 0.277 e. The van der Waals surface area contributed by atoms with Gasteiger partial charge in [-0.25, -0.2) is 5.43 Å². The van der Waals surface area contributed by atoms with Crippen molar-refractivity contribution in [2.75, 3.05) is 20.3 Å². The molecule has 0 aliphatic heterocycles. The van der Waals surface area contributed by atoms with Gasteiger partial charge in [-0.15, -0.1) is 0 Å². The third kappa shape index (κ3) is 6.30. The molecule has 0 unspecified atom stereocenters. The van der Waals surface area contributed by atoms with Crippen molar-refractivity contribution in [3.63, 3.8) is 0 Å². The molecule has 0 radical (unpaired) electrons. The molecule has 6 heteroatoms. The summed E-state index contributed by atoms with van der Waals surface area (Å²) >= 11 is 0. The van der Waals surface area contributed by atoms with E-state index in [9.17, 15) is 4.79 Å². The number of nitrogens with one attached hydrogen (secondary N) is 1. The summed E-state index contributed by atoms with van der Waals surface area (Å²) in [4.78, 5) is 12.0. The van der Waals surface area contributed by atoms with E-state index in [4.69, 9.17) is 14.2 Å². The van der Waals surface area contributed by atoms with Gasteiger partial charge in [-0.3, -0.25) is 4.79 Å². The molecular weight excluding hydrogens is 356 g/mol. The first-order valence-electron chi connectivity index (χ1n) is 9.37. The van der Waals surface area contributed by atoms with Gasteiger partial charge in [0, 0.05) is 0 Å². The number of carbonyl (C=O) groups is 1. The minimum absolute atomic E-state index is 0.101. The molecule has 1 amide bonds. The van der Waals surface area contributed by atoms with E-state index in [0.717, 1.165) is 35.3 Å². The topological polar surface area (TPSA) is 69.2 Å². The summed E-state index contributed by atoms with van der Waals surface area (Å²) in [5.74, 6) is 1.72. The largest absolute Gasteiger partial charge is 0.493 e. The first kappa shape index (κ1) is 21.3. The predicted octanol–water partition coefficient (Wildman–Crippen LogP) is 4.02. The highest BCUT2D eigenvalue weighted by atomic mass is 16.5. The number of benzene rings is 2. The van der Waals surface area contributed by atoms with Gasteiger partial charge in [-0.2, -0.15) is 5.10 Å². The summed E-state index contributed by atoms with van der Waals surface area (Å²) < 4.78 is 16.7. The third-order valence-electron chi connectivity index (χ3n) is 4.10. The minimum atomic E-state index is -0.328. The number of ether oxygens (including phenoxy) is 3. The van der Waals surface area contributed by atoms with E-state index in [1.165, 1.54) is 0 Å². The molecule has 0 saturated heterocycles. The van der Waals surface area contributed by atoms with Crippen LogP contribution < -0.4 is 19.6 Å². The highest BCUT2D eigenvalue weighted by Crippen LogP contribution is 2.27. The number of para-hydroxylation sites is 1. The van der Waals surface area contributed by atoms with Crippen LogP contribution >= 0.6 is 0 Å².